The lowest BCUT2D eigenvalue weighted by Gasteiger charge is -2.22. The van der Waals surface area contributed by atoms with Gasteiger partial charge in [0, 0.05) is 24.5 Å². The van der Waals surface area contributed by atoms with Crippen LogP contribution in [0.3, 0.4) is 0 Å². The first-order chi connectivity index (χ1) is 24.6. The molecule has 0 bridgehead atoms. The molecule has 5 rings (SSSR count). The quantitative estimate of drug-likeness (QED) is 0.0847. The van der Waals surface area contributed by atoms with Gasteiger partial charge in [0.25, 0.3) is 11.1 Å². The van der Waals surface area contributed by atoms with Crippen LogP contribution in [0, 0.1) is 0 Å². The highest BCUT2D eigenvalue weighted by molar-refractivity contribution is 7.69. The van der Waals surface area contributed by atoms with E-state index >= 15 is 0 Å². The molecule has 13 atom stereocenters. The van der Waals surface area contributed by atoms with Crippen molar-refractivity contribution >= 4 is 31.3 Å². The fourth-order valence-electron chi connectivity index (χ4n) is 5.29. The van der Waals surface area contributed by atoms with Gasteiger partial charge in [0.05, 0.1) is 13.2 Å². The Hall–Kier alpha value is -2.32. The lowest BCUT2D eigenvalue weighted by molar-refractivity contribution is -0.153. The van der Waals surface area contributed by atoms with Crippen LogP contribution in [0.2, 0.25) is 0 Å². The summed E-state index contributed by atoms with van der Waals surface area (Å²) in [6.45, 7) is -0.329. The van der Waals surface area contributed by atoms with Gasteiger partial charge in [-0.2, -0.15) is 12.9 Å². The smallest absolute Gasteiger partial charge is 0.387 e. The third kappa shape index (κ3) is 10.3. The Morgan fingerprint density at radius 3 is 1.62 bits per heavy atom. The molecule has 8 N–H and O–H groups in total. The van der Waals surface area contributed by atoms with Crippen LogP contribution in [0.25, 0.3) is 0 Å². The predicted molar refractivity (Wildman–Crippen MR) is 165 cm³/mol. The molecule has 0 spiro atoms. The number of aromatic nitrogens is 4. The van der Waals surface area contributed by atoms with E-state index in [0.717, 1.165) is 29.1 Å². The van der Waals surface area contributed by atoms with Crippen LogP contribution in [-0.4, -0.2) is 105 Å². The van der Waals surface area contributed by atoms with E-state index in [1.165, 1.54) is 0 Å². The van der Waals surface area contributed by atoms with Gasteiger partial charge >= 0.3 is 42.7 Å². The van der Waals surface area contributed by atoms with Crippen molar-refractivity contribution in [1.29, 1.82) is 0 Å². The van der Waals surface area contributed by atoms with Crippen LogP contribution < -0.4 is 22.5 Å². The molecular formula is C22H32N4O23P4. The Bertz CT molecular complexity index is 2090. The summed E-state index contributed by atoms with van der Waals surface area (Å²) in [6.07, 6.45) is -9.61. The lowest BCUT2D eigenvalue weighted by Crippen LogP contribution is -2.37. The molecule has 5 unspecified atom stereocenters. The van der Waals surface area contributed by atoms with Crippen LogP contribution in [-0.2, 0) is 59.2 Å². The molecule has 298 valence electrons. The number of fused-ring (bicyclic) bond motifs is 1. The first kappa shape index (κ1) is 41.8. The number of phosphoric ester groups is 2. The van der Waals surface area contributed by atoms with E-state index in [0.29, 0.717) is 17.4 Å². The Morgan fingerprint density at radius 1 is 0.660 bits per heavy atom. The van der Waals surface area contributed by atoms with Crippen molar-refractivity contribution < 1.29 is 89.0 Å². The van der Waals surface area contributed by atoms with Gasteiger partial charge in [0.15, 0.2) is 18.7 Å². The number of hydrogen-bond acceptors (Lipinski definition) is 19. The van der Waals surface area contributed by atoms with E-state index in [2.05, 4.69) is 17.5 Å². The minimum absolute atomic E-state index is 0.385. The number of hydrogen-bond donors (Lipinski definition) is 8. The highest BCUT2D eigenvalue weighted by Gasteiger charge is 2.55. The average Bonchev–Trinajstić information content (AvgIpc) is 3.66. The standard InChI is InChI=1S/C22H32N4O23P4/c1-2-3-14-45-17-11(44-20(18(17)46-14)26-7-5-13(28)24-22(26)32)9-42-51(35,36)48-53(39,40)49-52(37,38)47-50(33,34)41-8-10-15(29)16(30)19(43-10)25-6-4-12(27)23-21(25)31/h4-7,10-11,14-20,29-30H,2-3,8-9H2,1H3,(H,33,34)(H,35,36)(H,37,38)(H,39,40)(H,23,27,31)(H,24,28,32)/t10-,11+,14?,15-,16-,17+,18+,19-,20+/m0/s1. The Kier molecular flexibility index (Phi) is 12.7. The van der Waals surface area contributed by atoms with Crippen LogP contribution in [0.5, 0.6) is 0 Å². The van der Waals surface area contributed by atoms with Crippen LogP contribution >= 0.6 is 31.3 Å². The zero-order valence-corrected chi connectivity index (χ0v) is 30.2. The van der Waals surface area contributed by atoms with Crippen molar-refractivity contribution in [1.82, 2.24) is 19.1 Å². The molecular weight excluding hydrogens is 812 g/mol. The molecule has 0 aliphatic carbocycles. The predicted octanol–water partition coefficient (Wildman–Crippen LogP) is -2.00. The Labute approximate surface area is 294 Å². The van der Waals surface area contributed by atoms with E-state index in [1.807, 2.05) is 16.9 Å². The molecule has 3 aliphatic heterocycles. The van der Waals surface area contributed by atoms with Gasteiger partial charge in [-0.15, -0.1) is 0 Å². The number of phosphoric acid groups is 4. The number of aliphatic hydroxyl groups is 2. The minimum Gasteiger partial charge on any atom is -0.387 e. The topological polar surface area (TPSA) is 382 Å². The number of nitrogens with zero attached hydrogens (tertiary/aromatic N) is 2. The molecule has 53 heavy (non-hydrogen) atoms. The van der Waals surface area contributed by atoms with Gasteiger partial charge in [0.1, 0.15) is 36.6 Å². The summed E-state index contributed by atoms with van der Waals surface area (Å²) in [5.74, 6) is 0. The maximum absolute atomic E-state index is 12.6. The summed E-state index contributed by atoms with van der Waals surface area (Å²) in [6, 6.07) is 1.89. The number of aliphatic hydroxyl groups excluding tert-OH is 2. The summed E-state index contributed by atoms with van der Waals surface area (Å²) in [4.78, 5) is 90.8. The van der Waals surface area contributed by atoms with Crippen molar-refractivity contribution in [3.63, 3.8) is 0 Å². The van der Waals surface area contributed by atoms with E-state index < -0.39 is 122 Å². The van der Waals surface area contributed by atoms with Crippen molar-refractivity contribution in [2.45, 2.75) is 75.1 Å². The van der Waals surface area contributed by atoms with Crippen molar-refractivity contribution in [2.24, 2.45) is 0 Å². The van der Waals surface area contributed by atoms with Gasteiger partial charge in [-0.1, -0.05) is 13.3 Å². The monoisotopic (exact) mass is 844 g/mol. The van der Waals surface area contributed by atoms with Crippen LogP contribution in [0.1, 0.15) is 32.2 Å². The second-order valence-corrected chi connectivity index (χ2v) is 17.5. The molecule has 0 saturated carbocycles. The lowest BCUT2D eigenvalue weighted by atomic mass is 10.1. The number of ether oxygens (including phenoxy) is 4. The van der Waals surface area contributed by atoms with Crippen LogP contribution in [0.15, 0.2) is 43.7 Å². The first-order valence-electron chi connectivity index (χ1n) is 14.9. The fourth-order valence-corrected chi connectivity index (χ4v) is 10.2. The normalized spacial score (nSPS) is 33.1. The van der Waals surface area contributed by atoms with Gasteiger partial charge in [0.2, 0.25) is 0 Å². The zero-order chi connectivity index (χ0) is 39.1. The molecule has 0 radical (unpaired) electrons. The highest BCUT2D eigenvalue weighted by Crippen LogP contribution is 2.71. The molecule has 0 amide bonds. The third-order valence-electron chi connectivity index (χ3n) is 7.44. The van der Waals surface area contributed by atoms with Gasteiger partial charge in [-0.05, 0) is 6.42 Å². The van der Waals surface area contributed by atoms with E-state index in [-0.39, 0.29) is 0 Å². The molecule has 0 aromatic carbocycles. The average molecular weight is 844 g/mol. The number of H-pyrrole nitrogens is 2. The third-order valence-corrected chi connectivity index (χ3v) is 13.3. The van der Waals surface area contributed by atoms with Gasteiger partial charge in [-0.25, -0.2) is 27.8 Å². The molecule has 2 aromatic heterocycles. The number of nitrogens with one attached hydrogen (secondary N) is 2. The van der Waals surface area contributed by atoms with Gasteiger partial charge in [-0.3, -0.25) is 37.7 Å². The van der Waals surface area contributed by atoms with E-state index in [1.54, 1.807) is 0 Å². The molecule has 3 saturated heterocycles. The molecule has 5 heterocycles. The summed E-state index contributed by atoms with van der Waals surface area (Å²) in [5.41, 5.74) is -3.48. The summed E-state index contributed by atoms with van der Waals surface area (Å²) in [7, 11) is -24.0. The zero-order valence-electron chi connectivity index (χ0n) is 26.6. The number of rotatable bonds is 16. The van der Waals surface area contributed by atoms with Crippen molar-refractivity contribution in [3.05, 3.63) is 66.2 Å². The van der Waals surface area contributed by atoms with Gasteiger partial charge < -0.3 is 48.7 Å². The fraction of sp³-hybridized carbons (Fsp3) is 0.636. The highest BCUT2D eigenvalue weighted by atomic mass is 31.3. The first-order valence-corrected chi connectivity index (χ1v) is 20.9. The molecule has 2 aromatic rings. The second kappa shape index (κ2) is 16.0. The number of aromatic amines is 2. The molecule has 3 aliphatic rings. The van der Waals surface area contributed by atoms with Crippen molar-refractivity contribution in [3.8, 4) is 0 Å². The van der Waals surface area contributed by atoms with Crippen molar-refractivity contribution in [2.75, 3.05) is 13.2 Å². The van der Waals surface area contributed by atoms with E-state index in [9.17, 15) is 67.2 Å². The minimum atomic E-state index is -6.21. The molecule has 31 heteroatoms. The molecule has 27 nitrogen and oxygen atoms in total. The second-order valence-electron chi connectivity index (χ2n) is 11.3. The Balaban J connectivity index is 1.16. The summed E-state index contributed by atoms with van der Waals surface area (Å²) < 4.78 is 94.6. The summed E-state index contributed by atoms with van der Waals surface area (Å²) >= 11 is 0. The Morgan fingerprint density at radius 2 is 1.11 bits per heavy atom. The van der Waals surface area contributed by atoms with E-state index in [4.69, 9.17) is 23.5 Å². The van der Waals surface area contributed by atoms with Crippen LogP contribution in [0.4, 0.5) is 0 Å². The SMILES string of the molecule is CCCC1O[C@@H]2[C@H](O1)[C@@H](COP(=O)(O)OP(=O)(O)OP(=O)(O)OP(=O)(O)OC[C@@H]1O[C@H](n3ccc(=O)[nH]c3=O)[C@@H](O)[C@H]1O)O[C@H]2n1ccc(=O)[nH]c1=O. The summed E-state index contributed by atoms with van der Waals surface area (Å²) in [5, 5.41) is 20.5. The maximum atomic E-state index is 12.6. The largest absolute Gasteiger partial charge is 0.490 e. The molecule has 3 fully saturated rings. The maximum Gasteiger partial charge on any atom is 0.490 e.